The Hall–Kier alpha value is -3.23. The van der Waals surface area contributed by atoms with Crippen molar-refractivity contribution in [2.75, 3.05) is 10.6 Å². The lowest BCUT2D eigenvalue weighted by molar-refractivity contribution is -0.118. The van der Waals surface area contributed by atoms with E-state index in [0.29, 0.717) is 23.0 Å². The molecule has 1 saturated carbocycles. The average molecular weight is 396 g/mol. The molecule has 1 fully saturated rings. The third-order valence-electron chi connectivity index (χ3n) is 5.52. The molecule has 1 aliphatic carbocycles. The van der Waals surface area contributed by atoms with E-state index in [-0.39, 0.29) is 23.3 Å². The average Bonchev–Trinajstić information content (AvgIpc) is 3.24. The molecule has 1 aliphatic heterocycles. The van der Waals surface area contributed by atoms with Gasteiger partial charge in [0.1, 0.15) is 35.0 Å². The van der Waals surface area contributed by atoms with E-state index in [1.807, 2.05) is 6.92 Å². The highest BCUT2D eigenvalue weighted by molar-refractivity contribution is 5.97. The quantitative estimate of drug-likeness (QED) is 0.730. The summed E-state index contributed by atoms with van der Waals surface area (Å²) < 4.78 is 1.61. The first-order chi connectivity index (χ1) is 13.8. The summed E-state index contributed by atoms with van der Waals surface area (Å²) in [5.74, 6) is 0.194. The Morgan fingerprint density at radius 3 is 2.55 bits per heavy atom. The summed E-state index contributed by atoms with van der Waals surface area (Å²) in [7, 11) is 0. The summed E-state index contributed by atoms with van der Waals surface area (Å²) in [4.78, 5) is 45.9. The van der Waals surface area contributed by atoms with Gasteiger partial charge in [-0.2, -0.15) is 0 Å². The van der Waals surface area contributed by atoms with E-state index in [4.69, 9.17) is 0 Å². The van der Waals surface area contributed by atoms with E-state index < -0.39 is 5.66 Å². The fraction of sp³-hybridized carbons (Fsp3) is 0.450. The predicted octanol–water partition coefficient (Wildman–Crippen LogP) is 2.26. The van der Waals surface area contributed by atoms with Gasteiger partial charge >= 0.3 is 0 Å². The second-order valence-corrected chi connectivity index (χ2v) is 7.98. The Morgan fingerprint density at radius 2 is 1.86 bits per heavy atom. The maximum Gasteiger partial charge on any atom is 0.276 e. The summed E-state index contributed by atoms with van der Waals surface area (Å²) in [5.41, 5.74) is 0.575. The van der Waals surface area contributed by atoms with Crippen molar-refractivity contribution in [3.8, 4) is 0 Å². The van der Waals surface area contributed by atoms with Gasteiger partial charge in [-0.05, 0) is 44.2 Å². The number of aryl methyl sites for hydroxylation is 1. The Balaban J connectivity index is 1.70. The molecule has 3 heterocycles. The van der Waals surface area contributed by atoms with E-state index in [2.05, 4.69) is 25.9 Å². The molecule has 0 bridgehead atoms. The van der Waals surface area contributed by atoms with E-state index in [9.17, 15) is 14.4 Å². The molecule has 2 aliphatic rings. The zero-order valence-corrected chi connectivity index (χ0v) is 16.7. The number of nitrogens with one attached hydrogen (secondary N) is 3. The third-order valence-corrected chi connectivity index (χ3v) is 5.52. The van der Waals surface area contributed by atoms with Crippen LogP contribution in [-0.4, -0.2) is 26.3 Å². The number of hydrogen-bond acceptors (Lipinski definition) is 6. The highest BCUT2D eigenvalue weighted by atomic mass is 16.2. The maximum absolute atomic E-state index is 13.3. The fourth-order valence-corrected chi connectivity index (χ4v) is 4.06. The Kier molecular flexibility index (Phi) is 4.60. The van der Waals surface area contributed by atoms with Gasteiger partial charge in [-0.1, -0.05) is 13.8 Å². The monoisotopic (exact) mass is 396 g/mol. The number of aromatic nitrogens is 3. The molecule has 0 unspecified atom stereocenters. The van der Waals surface area contributed by atoms with Crippen LogP contribution in [0, 0.1) is 12.8 Å². The Labute approximate surface area is 167 Å². The van der Waals surface area contributed by atoms with Crippen LogP contribution < -0.4 is 21.5 Å². The fourth-order valence-electron chi connectivity index (χ4n) is 4.06. The molecule has 9 heteroatoms. The molecule has 0 saturated heterocycles. The lowest BCUT2D eigenvalue weighted by Crippen LogP contribution is -2.45. The van der Waals surface area contributed by atoms with E-state index >= 15 is 0 Å². The van der Waals surface area contributed by atoms with E-state index in [1.54, 1.807) is 30.5 Å². The second-order valence-electron chi connectivity index (χ2n) is 7.98. The molecule has 9 nitrogen and oxygen atoms in total. The number of carbonyl (C=O) groups excluding carboxylic acids is 2. The van der Waals surface area contributed by atoms with Crippen molar-refractivity contribution in [3.05, 3.63) is 40.1 Å². The predicted molar refractivity (Wildman–Crippen MR) is 108 cm³/mol. The van der Waals surface area contributed by atoms with Crippen LogP contribution in [0.4, 0.5) is 17.3 Å². The number of nitrogens with zero attached hydrogens (tertiary/aromatic N) is 3. The summed E-state index contributed by atoms with van der Waals surface area (Å²) in [5, 5.41) is 8.78. The molecule has 3 N–H and O–H groups in total. The van der Waals surface area contributed by atoms with Crippen molar-refractivity contribution in [2.45, 2.75) is 52.1 Å². The minimum absolute atomic E-state index is 0.157. The van der Waals surface area contributed by atoms with Gasteiger partial charge in [0.05, 0.1) is 0 Å². The van der Waals surface area contributed by atoms with Crippen LogP contribution in [0.25, 0.3) is 0 Å². The first-order valence-electron chi connectivity index (χ1n) is 9.80. The Bertz CT molecular complexity index is 1050. The first-order valence-corrected chi connectivity index (χ1v) is 9.80. The van der Waals surface area contributed by atoms with Gasteiger partial charge in [0, 0.05) is 12.0 Å². The van der Waals surface area contributed by atoms with Crippen molar-refractivity contribution in [2.24, 2.45) is 5.92 Å². The van der Waals surface area contributed by atoms with Crippen LogP contribution in [-0.2, 0) is 10.5 Å². The number of pyridine rings is 1. The number of anilines is 3. The van der Waals surface area contributed by atoms with Gasteiger partial charge in [-0.25, -0.2) is 9.97 Å². The van der Waals surface area contributed by atoms with Crippen LogP contribution >= 0.6 is 0 Å². The Morgan fingerprint density at radius 1 is 1.17 bits per heavy atom. The summed E-state index contributed by atoms with van der Waals surface area (Å²) in [6.07, 6.45) is 4.74. The standard InChI is InChI=1S/C20H24N6O3/c1-11(2)17(27)24-15-9-14(21-10-22-15)23-13-8-12(3)16-18(28)25-20(6-4-5-7-20)26(16)19(13)29/h8-11H,4-7H2,1-3H3,(H,25,28)(H2,21,22,23,24,27). The molecule has 2 aromatic rings. The first kappa shape index (κ1) is 19.1. The zero-order chi connectivity index (χ0) is 20.8. The molecule has 152 valence electrons. The van der Waals surface area contributed by atoms with Gasteiger partial charge in [0.15, 0.2) is 0 Å². The SMILES string of the molecule is Cc1cc(Nc2cc(NC(=O)C(C)C)ncn2)c(=O)n2c1C(=O)NC21CCCC1. The number of amides is 2. The molecular formula is C20H24N6O3. The lowest BCUT2D eigenvalue weighted by Gasteiger charge is -2.26. The molecule has 0 atom stereocenters. The van der Waals surface area contributed by atoms with Gasteiger partial charge in [0.2, 0.25) is 5.91 Å². The van der Waals surface area contributed by atoms with Crippen molar-refractivity contribution < 1.29 is 9.59 Å². The number of hydrogen-bond donors (Lipinski definition) is 3. The van der Waals surface area contributed by atoms with Crippen LogP contribution in [0.3, 0.4) is 0 Å². The third kappa shape index (κ3) is 3.26. The molecule has 29 heavy (non-hydrogen) atoms. The summed E-state index contributed by atoms with van der Waals surface area (Å²) in [6, 6.07) is 3.23. The zero-order valence-electron chi connectivity index (χ0n) is 16.7. The minimum atomic E-state index is -0.631. The van der Waals surface area contributed by atoms with Crippen molar-refractivity contribution in [1.82, 2.24) is 19.9 Å². The van der Waals surface area contributed by atoms with Crippen LogP contribution in [0.1, 0.15) is 55.6 Å². The smallest absolute Gasteiger partial charge is 0.276 e. The van der Waals surface area contributed by atoms with E-state index in [1.165, 1.54) is 6.33 Å². The maximum atomic E-state index is 13.3. The van der Waals surface area contributed by atoms with Crippen LogP contribution in [0.15, 0.2) is 23.3 Å². The number of rotatable bonds is 4. The van der Waals surface area contributed by atoms with Crippen molar-refractivity contribution in [1.29, 1.82) is 0 Å². The summed E-state index contributed by atoms with van der Waals surface area (Å²) in [6.45, 7) is 5.40. The van der Waals surface area contributed by atoms with Gasteiger partial charge < -0.3 is 16.0 Å². The molecule has 1 spiro atoms. The van der Waals surface area contributed by atoms with Crippen molar-refractivity contribution >= 4 is 29.1 Å². The van der Waals surface area contributed by atoms with Gasteiger partial charge in [-0.3, -0.25) is 19.0 Å². The van der Waals surface area contributed by atoms with Gasteiger partial charge in [0.25, 0.3) is 11.5 Å². The summed E-state index contributed by atoms with van der Waals surface area (Å²) >= 11 is 0. The van der Waals surface area contributed by atoms with Crippen LogP contribution in [0.2, 0.25) is 0 Å². The number of fused-ring (bicyclic) bond motifs is 2. The number of carbonyl (C=O) groups is 2. The molecule has 0 aromatic carbocycles. The normalized spacial score (nSPS) is 16.8. The molecular weight excluding hydrogens is 372 g/mol. The van der Waals surface area contributed by atoms with E-state index in [0.717, 1.165) is 31.2 Å². The van der Waals surface area contributed by atoms with Gasteiger partial charge in [-0.15, -0.1) is 0 Å². The molecule has 0 radical (unpaired) electrons. The topological polar surface area (TPSA) is 118 Å². The molecule has 2 amide bonds. The lowest BCUT2D eigenvalue weighted by atomic mass is 10.1. The van der Waals surface area contributed by atoms with Crippen molar-refractivity contribution in [3.63, 3.8) is 0 Å². The largest absolute Gasteiger partial charge is 0.336 e. The molecule has 2 aromatic heterocycles. The highest BCUT2D eigenvalue weighted by Gasteiger charge is 2.46. The minimum Gasteiger partial charge on any atom is -0.336 e. The van der Waals surface area contributed by atoms with Crippen LogP contribution in [0.5, 0.6) is 0 Å². The highest BCUT2D eigenvalue weighted by Crippen LogP contribution is 2.38. The molecule has 4 rings (SSSR count). The second kappa shape index (κ2) is 6.98.